The van der Waals surface area contributed by atoms with Gasteiger partial charge in [-0.25, -0.2) is 13.9 Å². The first kappa shape index (κ1) is 32.1. The molecule has 1 amide bonds. The van der Waals surface area contributed by atoms with Gasteiger partial charge in [-0.2, -0.15) is 5.10 Å². The number of hydrogen-bond donors (Lipinski definition) is 1. The summed E-state index contributed by atoms with van der Waals surface area (Å²) in [7, 11) is 2.73. The average Bonchev–Trinajstić information content (AvgIpc) is 3.35. The molecule has 10 nitrogen and oxygen atoms in total. The molecular weight excluding hydrogens is 545 g/mol. The van der Waals surface area contributed by atoms with E-state index in [1.165, 1.54) is 43.2 Å². The molecule has 0 saturated carbocycles. The van der Waals surface area contributed by atoms with Crippen molar-refractivity contribution >= 4 is 17.8 Å². The summed E-state index contributed by atoms with van der Waals surface area (Å²) < 4.78 is 36.8. The number of carbonyl (C=O) groups is 3. The number of methoxy groups -OCH3 is 2. The lowest BCUT2D eigenvalue weighted by Gasteiger charge is -2.23. The highest BCUT2D eigenvalue weighted by molar-refractivity contribution is 5.94. The third-order valence-electron chi connectivity index (χ3n) is 5.97. The monoisotopic (exact) mass is 583 g/mol. The minimum Gasteiger partial charge on any atom is -0.496 e. The summed E-state index contributed by atoms with van der Waals surface area (Å²) in [4.78, 5) is 38.0. The van der Waals surface area contributed by atoms with Crippen LogP contribution in [-0.2, 0) is 19.1 Å². The van der Waals surface area contributed by atoms with Crippen molar-refractivity contribution in [3.63, 3.8) is 0 Å². The van der Waals surface area contributed by atoms with Crippen LogP contribution in [0.2, 0.25) is 0 Å². The van der Waals surface area contributed by atoms with E-state index in [2.05, 4.69) is 10.4 Å². The number of ether oxygens (including phenoxy) is 4. The third-order valence-corrected chi connectivity index (χ3v) is 5.97. The first-order valence-corrected chi connectivity index (χ1v) is 13.6. The van der Waals surface area contributed by atoms with Crippen LogP contribution < -0.4 is 14.8 Å². The molecule has 0 bridgehead atoms. The lowest BCUT2D eigenvalue weighted by atomic mass is 10.0. The van der Waals surface area contributed by atoms with Gasteiger partial charge in [0.05, 0.1) is 37.6 Å². The average molecular weight is 584 g/mol. The Morgan fingerprint density at radius 2 is 1.67 bits per heavy atom. The molecule has 42 heavy (non-hydrogen) atoms. The van der Waals surface area contributed by atoms with E-state index in [9.17, 15) is 18.8 Å². The summed E-state index contributed by atoms with van der Waals surface area (Å²) in [5, 5.41) is 7.47. The van der Waals surface area contributed by atoms with Gasteiger partial charge in [-0.15, -0.1) is 0 Å². The summed E-state index contributed by atoms with van der Waals surface area (Å²) in [6.07, 6.45) is 0.527. The highest BCUT2D eigenvalue weighted by Crippen LogP contribution is 2.40. The van der Waals surface area contributed by atoms with E-state index in [0.717, 1.165) is 0 Å². The SMILES string of the molecule is COC(=O)COc1cccc(OC)c1-c1cc(C(=O)N[C@H](CC(=O)OC(C)(C)C)CC(C)C)nn1-c1ccc(F)cc1. The fourth-order valence-electron chi connectivity index (χ4n) is 4.30. The molecule has 0 aliphatic heterocycles. The van der Waals surface area contributed by atoms with Gasteiger partial charge >= 0.3 is 11.9 Å². The van der Waals surface area contributed by atoms with Crippen LogP contribution >= 0.6 is 0 Å². The lowest BCUT2D eigenvalue weighted by molar-refractivity contribution is -0.155. The maximum Gasteiger partial charge on any atom is 0.343 e. The van der Waals surface area contributed by atoms with Gasteiger partial charge in [0.25, 0.3) is 5.91 Å². The number of hydrogen-bond acceptors (Lipinski definition) is 8. The number of aromatic nitrogens is 2. The first-order valence-electron chi connectivity index (χ1n) is 13.6. The van der Waals surface area contributed by atoms with E-state index >= 15 is 0 Å². The predicted molar refractivity (Wildman–Crippen MR) is 154 cm³/mol. The van der Waals surface area contributed by atoms with Gasteiger partial charge in [-0.3, -0.25) is 9.59 Å². The first-order chi connectivity index (χ1) is 19.8. The molecule has 0 unspecified atom stereocenters. The Hall–Kier alpha value is -4.41. The second-order valence-electron chi connectivity index (χ2n) is 11.1. The van der Waals surface area contributed by atoms with Crippen LogP contribution in [0.3, 0.4) is 0 Å². The molecule has 0 aliphatic rings. The van der Waals surface area contributed by atoms with E-state index in [-0.39, 0.29) is 30.4 Å². The highest BCUT2D eigenvalue weighted by Gasteiger charge is 2.26. The molecule has 11 heteroatoms. The Balaban J connectivity index is 2.06. The second kappa shape index (κ2) is 14.0. The fraction of sp³-hybridized carbons (Fsp3) is 0.419. The Labute approximate surface area is 245 Å². The molecule has 1 atom stereocenters. The maximum absolute atomic E-state index is 13.8. The van der Waals surface area contributed by atoms with Crippen molar-refractivity contribution < 1.29 is 37.7 Å². The van der Waals surface area contributed by atoms with Crippen LogP contribution in [-0.4, -0.2) is 60.1 Å². The number of amides is 1. The molecule has 3 rings (SSSR count). The van der Waals surface area contributed by atoms with Gasteiger partial charge < -0.3 is 24.3 Å². The van der Waals surface area contributed by atoms with Crippen molar-refractivity contribution in [2.24, 2.45) is 5.92 Å². The van der Waals surface area contributed by atoms with Crippen LogP contribution in [0.25, 0.3) is 16.9 Å². The molecule has 1 heterocycles. The maximum atomic E-state index is 13.8. The quantitative estimate of drug-likeness (QED) is 0.292. The summed E-state index contributed by atoms with van der Waals surface area (Å²) >= 11 is 0. The van der Waals surface area contributed by atoms with Gasteiger partial charge in [0, 0.05) is 6.04 Å². The van der Waals surface area contributed by atoms with Crippen molar-refractivity contribution in [1.82, 2.24) is 15.1 Å². The number of halogens is 1. The second-order valence-corrected chi connectivity index (χ2v) is 11.1. The molecular formula is C31H38FN3O7. The summed E-state index contributed by atoms with van der Waals surface area (Å²) in [5.41, 5.74) is 0.637. The van der Waals surface area contributed by atoms with Crippen LogP contribution in [0.4, 0.5) is 4.39 Å². The van der Waals surface area contributed by atoms with Crippen molar-refractivity contribution in [2.45, 2.75) is 59.1 Å². The molecule has 0 radical (unpaired) electrons. The zero-order chi connectivity index (χ0) is 31.0. The lowest BCUT2D eigenvalue weighted by Crippen LogP contribution is -2.39. The van der Waals surface area contributed by atoms with E-state index < -0.39 is 35.3 Å². The summed E-state index contributed by atoms with van der Waals surface area (Å²) in [6.45, 7) is 8.97. The zero-order valence-electron chi connectivity index (χ0n) is 25.0. The van der Waals surface area contributed by atoms with Gasteiger partial charge in [0.2, 0.25) is 0 Å². The minimum atomic E-state index is -0.658. The Morgan fingerprint density at radius 1 is 1.00 bits per heavy atom. The normalized spacial score (nSPS) is 12.0. The molecule has 0 fully saturated rings. The van der Waals surface area contributed by atoms with Gasteiger partial charge in [0.15, 0.2) is 12.3 Å². The minimum absolute atomic E-state index is 0.00918. The molecule has 226 valence electrons. The van der Waals surface area contributed by atoms with Crippen LogP contribution in [0.1, 0.15) is 57.9 Å². The van der Waals surface area contributed by atoms with Gasteiger partial charge in [-0.05, 0) is 75.6 Å². The molecule has 1 N–H and O–H groups in total. The Bertz CT molecular complexity index is 1390. The van der Waals surface area contributed by atoms with E-state index in [0.29, 0.717) is 29.1 Å². The van der Waals surface area contributed by atoms with Crippen molar-refractivity contribution in [3.8, 4) is 28.4 Å². The molecule has 0 spiro atoms. The fourth-order valence-corrected chi connectivity index (χ4v) is 4.30. The van der Waals surface area contributed by atoms with E-state index in [4.69, 9.17) is 18.9 Å². The molecule has 0 aliphatic carbocycles. The van der Waals surface area contributed by atoms with Crippen molar-refractivity contribution in [2.75, 3.05) is 20.8 Å². The van der Waals surface area contributed by atoms with Gasteiger partial charge in [-0.1, -0.05) is 19.9 Å². The standard InChI is InChI=1S/C31H38FN3O7/c1-19(2)15-21(16-27(36)42-31(3,4)5)33-30(38)23-17-24(35(34-23)22-13-11-20(32)12-14-22)29-25(39-6)9-8-10-26(29)41-18-28(37)40-7/h8-14,17,19,21H,15-16,18H2,1-7H3,(H,33,38)/t21-/m0/s1. The largest absolute Gasteiger partial charge is 0.496 e. The molecule has 0 saturated heterocycles. The van der Waals surface area contributed by atoms with E-state index in [1.54, 1.807) is 45.0 Å². The highest BCUT2D eigenvalue weighted by atomic mass is 19.1. The van der Waals surface area contributed by atoms with Crippen LogP contribution in [0.5, 0.6) is 11.5 Å². The Morgan fingerprint density at radius 3 is 2.26 bits per heavy atom. The third kappa shape index (κ3) is 8.79. The van der Waals surface area contributed by atoms with Crippen molar-refractivity contribution in [1.29, 1.82) is 0 Å². The number of esters is 2. The van der Waals surface area contributed by atoms with Crippen LogP contribution in [0.15, 0.2) is 48.5 Å². The van der Waals surface area contributed by atoms with Crippen molar-refractivity contribution in [3.05, 3.63) is 60.0 Å². The Kier molecular flexibility index (Phi) is 10.7. The summed E-state index contributed by atoms with van der Waals surface area (Å²) in [5.74, 6) is -1.12. The number of rotatable bonds is 12. The zero-order valence-corrected chi connectivity index (χ0v) is 25.0. The smallest absolute Gasteiger partial charge is 0.343 e. The van der Waals surface area contributed by atoms with Crippen LogP contribution in [0, 0.1) is 11.7 Å². The molecule has 1 aromatic heterocycles. The number of nitrogens with zero attached hydrogens (tertiary/aromatic N) is 2. The molecule has 3 aromatic rings. The van der Waals surface area contributed by atoms with Gasteiger partial charge in [0.1, 0.15) is 22.9 Å². The van der Waals surface area contributed by atoms with E-state index in [1.807, 2.05) is 13.8 Å². The number of nitrogens with one attached hydrogen (secondary N) is 1. The number of benzene rings is 2. The predicted octanol–water partition coefficient (Wildman–Crippen LogP) is 5.12. The number of carbonyl (C=O) groups excluding carboxylic acids is 3. The summed E-state index contributed by atoms with van der Waals surface area (Å²) in [6, 6.07) is 11.6. The topological polar surface area (TPSA) is 118 Å². The molecule has 2 aromatic carbocycles.